The van der Waals surface area contributed by atoms with Crippen LogP contribution in [-0.2, 0) is 10.2 Å². The SMILES string of the molecule is CCNC(=NCC1(c2cccs2)CCCCC1)NCCNC(=O)C1CC1.I. The molecule has 27 heavy (non-hydrogen) atoms. The molecular weight excluding hydrogens is 471 g/mol. The second-order valence-electron chi connectivity index (χ2n) is 7.51. The highest BCUT2D eigenvalue weighted by Crippen LogP contribution is 2.41. The Labute approximate surface area is 184 Å². The van der Waals surface area contributed by atoms with Gasteiger partial charge in [-0.1, -0.05) is 25.3 Å². The zero-order valence-corrected chi connectivity index (χ0v) is 19.4. The van der Waals surface area contributed by atoms with E-state index in [1.54, 1.807) is 0 Å². The summed E-state index contributed by atoms with van der Waals surface area (Å²) in [7, 11) is 0. The molecule has 2 saturated carbocycles. The first-order valence-corrected chi connectivity index (χ1v) is 11.0. The molecule has 1 amide bonds. The van der Waals surface area contributed by atoms with Crippen molar-refractivity contribution in [3.63, 3.8) is 0 Å². The van der Waals surface area contributed by atoms with E-state index in [-0.39, 0.29) is 41.2 Å². The smallest absolute Gasteiger partial charge is 0.223 e. The lowest BCUT2D eigenvalue weighted by Crippen LogP contribution is -2.43. The summed E-state index contributed by atoms with van der Waals surface area (Å²) < 4.78 is 0. The fourth-order valence-corrected chi connectivity index (χ4v) is 4.70. The quantitative estimate of drug-likeness (QED) is 0.219. The summed E-state index contributed by atoms with van der Waals surface area (Å²) in [6, 6.07) is 4.44. The van der Waals surface area contributed by atoms with Crippen LogP contribution in [0.15, 0.2) is 22.5 Å². The molecule has 2 aliphatic rings. The molecule has 2 aliphatic carbocycles. The van der Waals surface area contributed by atoms with E-state index in [0.29, 0.717) is 13.1 Å². The summed E-state index contributed by atoms with van der Waals surface area (Å²) in [5, 5.41) is 11.9. The Morgan fingerprint density at radius 3 is 2.56 bits per heavy atom. The molecule has 0 unspecified atom stereocenters. The van der Waals surface area contributed by atoms with Gasteiger partial charge in [-0.15, -0.1) is 35.3 Å². The summed E-state index contributed by atoms with van der Waals surface area (Å²) in [6.07, 6.45) is 8.50. The summed E-state index contributed by atoms with van der Waals surface area (Å²) >= 11 is 1.87. The van der Waals surface area contributed by atoms with Crippen LogP contribution < -0.4 is 16.0 Å². The van der Waals surface area contributed by atoms with Crippen LogP contribution in [-0.4, -0.2) is 38.0 Å². The van der Waals surface area contributed by atoms with E-state index in [4.69, 9.17) is 4.99 Å². The van der Waals surface area contributed by atoms with Crippen LogP contribution in [0.3, 0.4) is 0 Å². The van der Waals surface area contributed by atoms with Crippen LogP contribution >= 0.6 is 35.3 Å². The molecule has 1 aromatic rings. The van der Waals surface area contributed by atoms with Crippen LogP contribution in [0.25, 0.3) is 0 Å². The predicted octanol–water partition coefficient (Wildman–Crippen LogP) is 3.65. The Morgan fingerprint density at radius 1 is 1.19 bits per heavy atom. The van der Waals surface area contributed by atoms with Gasteiger partial charge in [0.2, 0.25) is 5.91 Å². The molecule has 2 fully saturated rings. The van der Waals surface area contributed by atoms with E-state index in [0.717, 1.165) is 31.9 Å². The van der Waals surface area contributed by atoms with Crippen LogP contribution in [0.2, 0.25) is 0 Å². The van der Waals surface area contributed by atoms with Crippen molar-refractivity contribution in [1.82, 2.24) is 16.0 Å². The van der Waals surface area contributed by atoms with Crippen LogP contribution in [0, 0.1) is 5.92 Å². The standard InChI is InChI=1S/C20H32N4OS.HI/c1-2-21-19(23-13-12-22-18(25)16-8-9-16)24-15-20(10-4-3-5-11-20)17-7-6-14-26-17;/h6-7,14,16H,2-5,8-13,15H2,1H3,(H,22,25)(H2,21,23,24);1H. The Bertz CT molecular complexity index is 595. The molecule has 152 valence electrons. The third kappa shape index (κ3) is 6.62. The van der Waals surface area contributed by atoms with Gasteiger partial charge in [-0.3, -0.25) is 9.79 Å². The lowest BCUT2D eigenvalue weighted by Gasteiger charge is -2.35. The van der Waals surface area contributed by atoms with Crippen molar-refractivity contribution in [3.05, 3.63) is 22.4 Å². The number of carbonyl (C=O) groups is 1. The molecule has 0 atom stereocenters. The summed E-state index contributed by atoms with van der Waals surface area (Å²) in [5.74, 6) is 1.33. The van der Waals surface area contributed by atoms with Crippen LogP contribution in [0.1, 0.15) is 56.7 Å². The van der Waals surface area contributed by atoms with Gasteiger partial charge in [-0.05, 0) is 44.1 Å². The molecular formula is C20H33IN4OS. The second kappa shape index (κ2) is 11.2. The van der Waals surface area contributed by atoms with Crippen LogP contribution in [0.5, 0.6) is 0 Å². The highest BCUT2D eigenvalue weighted by molar-refractivity contribution is 14.0. The van der Waals surface area contributed by atoms with Crippen molar-refractivity contribution in [1.29, 1.82) is 0 Å². The largest absolute Gasteiger partial charge is 0.357 e. The molecule has 0 aromatic carbocycles. The molecule has 7 heteroatoms. The summed E-state index contributed by atoms with van der Waals surface area (Å²) in [6.45, 7) is 5.11. The third-order valence-electron chi connectivity index (χ3n) is 5.40. The molecule has 1 aromatic heterocycles. The number of rotatable bonds is 8. The minimum absolute atomic E-state index is 0. The first kappa shape index (κ1) is 22.5. The normalized spacial score (nSPS) is 19.1. The van der Waals surface area contributed by atoms with Gasteiger partial charge in [0.25, 0.3) is 0 Å². The third-order valence-corrected chi connectivity index (χ3v) is 6.52. The Kier molecular flexibility index (Phi) is 9.35. The predicted molar refractivity (Wildman–Crippen MR) is 124 cm³/mol. The molecule has 0 bridgehead atoms. The van der Waals surface area contributed by atoms with Gasteiger partial charge in [-0.2, -0.15) is 0 Å². The van der Waals surface area contributed by atoms with Crippen molar-refractivity contribution >= 4 is 47.2 Å². The van der Waals surface area contributed by atoms with Gasteiger partial charge >= 0.3 is 0 Å². The van der Waals surface area contributed by atoms with Crippen molar-refractivity contribution in [2.75, 3.05) is 26.2 Å². The van der Waals surface area contributed by atoms with Gasteiger partial charge < -0.3 is 16.0 Å². The van der Waals surface area contributed by atoms with Crippen LogP contribution in [0.4, 0.5) is 0 Å². The molecule has 0 aliphatic heterocycles. The van der Waals surface area contributed by atoms with E-state index in [1.165, 1.54) is 37.0 Å². The monoisotopic (exact) mass is 504 g/mol. The van der Waals surface area contributed by atoms with Gasteiger partial charge in [0.05, 0.1) is 6.54 Å². The van der Waals surface area contributed by atoms with E-state index in [1.807, 2.05) is 11.3 Å². The van der Waals surface area contributed by atoms with E-state index in [9.17, 15) is 4.79 Å². The maximum Gasteiger partial charge on any atom is 0.223 e. The zero-order chi connectivity index (χ0) is 18.2. The van der Waals surface area contributed by atoms with E-state index >= 15 is 0 Å². The molecule has 3 N–H and O–H groups in total. The van der Waals surface area contributed by atoms with Crippen molar-refractivity contribution < 1.29 is 4.79 Å². The number of guanidine groups is 1. The van der Waals surface area contributed by atoms with Crippen molar-refractivity contribution in [3.8, 4) is 0 Å². The molecule has 1 heterocycles. The lowest BCUT2D eigenvalue weighted by atomic mass is 9.73. The van der Waals surface area contributed by atoms with Gasteiger partial charge in [0, 0.05) is 35.8 Å². The average molecular weight is 504 g/mol. The number of thiophene rings is 1. The maximum atomic E-state index is 11.7. The molecule has 0 saturated heterocycles. The average Bonchev–Trinajstić information content (AvgIpc) is 3.37. The van der Waals surface area contributed by atoms with Crippen molar-refractivity contribution in [2.24, 2.45) is 10.9 Å². The number of aliphatic imine (C=N–C) groups is 1. The number of halogens is 1. The lowest BCUT2D eigenvalue weighted by molar-refractivity contribution is -0.122. The number of hydrogen-bond acceptors (Lipinski definition) is 3. The highest BCUT2D eigenvalue weighted by Gasteiger charge is 2.34. The van der Waals surface area contributed by atoms with Gasteiger partial charge in [-0.25, -0.2) is 0 Å². The van der Waals surface area contributed by atoms with E-state index < -0.39 is 0 Å². The first-order valence-electron chi connectivity index (χ1n) is 10.1. The first-order chi connectivity index (χ1) is 12.7. The molecule has 3 rings (SSSR count). The summed E-state index contributed by atoms with van der Waals surface area (Å²) in [5.41, 5.74) is 0.203. The molecule has 5 nitrogen and oxygen atoms in total. The number of amides is 1. The number of nitrogens with one attached hydrogen (secondary N) is 3. The minimum atomic E-state index is 0. The zero-order valence-electron chi connectivity index (χ0n) is 16.3. The van der Waals surface area contributed by atoms with Crippen molar-refractivity contribution in [2.45, 2.75) is 57.3 Å². The number of nitrogens with zero attached hydrogens (tertiary/aromatic N) is 1. The number of hydrogen-bond donors (Lipinski definition) is 3. The molecule has 0 spiro atoms. The minimum Gasteiger partial charge on any atom is -0.357 e. The summed E-state index contributed by atoms with van der Waals surface area (Å²) in [4.78, 5) is 18.1. The Hall–Kier alpha value is -0.830. The molecule has 0 radical (unpaired) electrons. The van der Waals surface area contributed by atoms with E-state index in [2.05, 4.69) is 40.4 Å². The number of carbonyl (C=O) groups excluding carboxylic acids is 1. The Morgan fingerprint density at radius 2 is 1.93 bits per heavy atom. The Balaban J connectivity index is 0.00000261. The highest BCUT2D eigenvalue weighted by atomic mass is 127. The van der Waals surface area contributed by atoms with Gasteiger partial charge in [0.15, 0.2) is 5.96 Å². The van der Waals surface area contributed by atoms with Gasteiger partial charge in [0.1, 0.15) is 0 Å². The fraction of sp³-hybridized carbons (Fsp3) is 0.700. The second-order valence-corrected chi connectivity index (χ2v) is 8.45. The topological polar surface area (TPSA) is 65.5 Å². The maximum absolute atomic E-state index is 11.7. The fourth-order valence-electron chi connectivity index (χ4n) is 3.72.